The van der Waals surface area contributed by atoms with Crippen molar-refractivity contribution < 1.29 is 19.1 Å². The molecule has 3 rings (SSSR count). The summed E-state index contributed by atoms with van der Waals surface area (Å²) in [6, 6.07) is 10.5. The molecule has 172 valence electrons. The maximum Gasteiger partial charge on any atom is 0.410 e. The topological polar surface area (TPSA) is 62.3 Å². The van der Waals surface area contributed by atoms with Gasteiger partial charge in [0.25, 0.3) is 0 Å². The molecule has 1 heterocycles. The summed E-state index contributed by atoms with van der Waals surface area (Å²) in [7, 11) is 1.85. The van der Waals surface area contributed by atoms with Crippen LogP contribution in [-0.4, -0.2) is 77.8 Å². The molecule has 0 radical (unpaired) electrons. The van der Waals surface area contributed by atoms with Crippen LogP contribution in [-0.2, 0) is 16.1 Å². The second kappa shape index (κ2) is 10.4. The normalized spacial score (nSPS) is 22.6. The second-order valence-electron chi connectivity index (χ2n) is 9.62. The number of carbonyl (C=O) groups excluding carboxylic acids is 2. The average molecular weight is 432 g/mol. The molecule has 1 aromatic carbocycles. The molecule has 1 aromatic rings. The molecule has 31 heavy (non-hydrogen) atoms. The van der Waals surface area contributed by atoms with E-state index in [9.17, 15) is 9.59 Å². The molecule has 1 aliphatic carbocycles. The molecule has 7 heteroatoms. The Bertz CT molecular complexity index is 718. The molecular weight excluding hydrogens is 394 g/mol. The summed E-state index contributed by atoms with van der Waals surface area (Å²) < 4.78 is 11.0. The first-order valence-electron chi connectivity index (χ1n) is 11.4. The fourth-order valence-electron chi connectivity index (χ4n) is 4.37. The fraction of sp³-hybridized carbons (Fsp3) is 0.667. The highest BCUT2D eigenvalue weighted by molar-refractivity contribution is 5.68. The molecule has 0 unspecified atom stereocenters. The second-order valence-corrected chi connectivity index (χ2v) is 9.62. The van der Waals surface area contributed by atoms with Crippen LogP contribution in [0.3, 0.4) is 0 Å². The van der Waals surface area contributed by atoms with Gasteiger partial charge in [0.15, 0.2) is 0 Å². The summed E-state index contributed by atoms with van der Waals surface area (Å²) in [5.74, 6) is 0. The first-order chi connectivity index (χ1) is 14.7. The highest BCUT2D eigenvalue weighted by atomic mass is 16.6. The zero-order valence-electron chi connectivity index (χ0n) is 19.4. The van der Waals surface area contributed by atoms with Gasteiger partial charge in [-0.15, -0.1) is 0 Å². The predicted octanol–water partition coefficient (Wildman–Crippen LogP) is 4.12. The van der Waals surface area contributed by atoms with Gasteiger partial charge in [0.05, 0.1) is 0 Å². The number of hydrogen-bond acceptors (Lipinski definition) is 5. The summed E-state index contributed by atoms with van der Waals surface area (Å²) in [5.41, 5.74) is 0.535. The van der Waals surface area contributed by atoms with Gasteiger partial charge < -0.3 is 19.3 Å². The van der Waals surface area contributed by atoms with Gasteiger partial charge in [-0.3, -0.25) is 4.90 Å². The van der Waals surface area contributed by atoms with Crippen molar-refractivity contribution in [2.45, 2.75) is 70.7 Å². The standard InChI is InChI=1S/C24H37N3O4/c1-24(2,3)31-22(28)25(4)20-10-12-21(13-11-20)26-14-16-27(17-15-26)23(29)30-18-19-8-6-5-7-9-19/h5-9,20-21H,10-18H2,1-4H3. The Balaban J connectivity index is 1.38. The van der Waals surface area contributed by atoms with Crippen molar-refractivity contribution in [1.29, 1.82) is 0 Å². The minimum absolute atomic E-state index is 0.230. The van der Waals surface area contributed by atoms with Crippen LogP contribution in [0, 0.1) is 0 Å². The lowest BCUT2D eigenvalue weighted by molar-refractivity contribution is 0.0122. The van der Waals surface area contributed by atoms with E-state index in [4.69, 9.17) is 9.47 Å². The lowest BCUT2D eigenvalue weighted by Gasteiger charge is -2.43. The Hall–Kier alpha value is -2.28. The molecule has 1 saturated carbocycles. The third-order valence-corrected chi connectivity index (χ3v) is 6.19. The maximum atomic E-state index is 12.4. The first kappa shape index (κ1) is 23.4. The van der Waals surface area contributed by atoms with E-state index in [0.29, 0.717) is 25.7 Å². The van der Waals surface area contributed by atoms with Crippen molar-refractivity contribution in [1.82, 2.24) is 14.7 Å². The molecule has 0 bridgehead atoms. The Morgan fingerprint density at radius 2 is 1.61 bits per heavy atom. The molecule has 2 aliphatic rings. The van der Waals surface area contributed by atoms with Gasteiger partial charge in [0.1, 0.15) is 12.2 Å². The predicted molar refractivity (Wildman–Crippen MR) is 120 cm³/mol. The van der Waals surface area contributed by atoms with Crippen molar-refractivity contribution in [3.05, 3.63) is 35.9 Å². The van der Waals surface area contributed by atoms with E-state index < -0.39 is 5.60 Å². The van der Waals surface area contributed by atoms with Gasteiger partial charge in [-0.25, -0.2) is 9.59 Å². The van der Waals surface area contributed by atoms with Crippen LogP contribution in [0.1, 0.15) is 52.0 Å². The Labute approximate surface area is 186 Å². The smallest absolute Gasteiger partial charge is 0.410 e. The summed E-state index contributed by atoms with van der Waals surface area (Å²) in [5, 5.41) is 0. The number of carbonyl (C=O) groups is 2. The van der Waals surface area contributed by atoms with E-state index in [1.807, 2.05) is 58.2 Å². The highest BCUT2D eigenvalue weighted by Crippen LogP contribution is 2.27. The summed E-state index contributed by atoms with van der Waals surface area (Å²) in [6.45, 7) is 9.15. The van der Waals surface area contributed by atoms with Crippen LogP contribution in [0.2, 0.25) is 0 Å². The van der Waals surface area contributed by atoms with E-state index in [1.165, 1.54) is 0 Å². The summed E-state index contributed by atoms with van der Waals surface area (Å²) >= 11 is 0. The van der Waals surface area contributed by atoms with E-state index in [-0.39, 0.29) is 18.2 Å². The molecule has 7 nitrogen and oxygen atoms in total. The minimum atomic E-state index is -0.468. The maximum absolute atomic E-state index is 12.4. The van der Waals surface area contributed by atoms with E-state index >= 15 is 0 Å². The monoisotopic (exact) mass is 431 g/mol. The lowest BCUT2D eigenvalue weighted by atomic mass is 9.89. The van der Waals surface area contributed by atoms with Crippen molar-refractivity contribution in [2.75, 3.05) is 33.2 Å². The third-order valence-electron chi connectivity index (χ3n) is 6.19. The van der Waals surface area contributed by atoms with Crippen LogP contribution >= 0.6 is 0 Å². The van der Waals surface area contributed by atoms with Crippen LogP contribution in [0.4, 0.5) is 9.59 Å². The van der Waals surface area contributed by atoms with Gasteiger partial charge in [-0.1, -0.05) is 30.3 Å². The summed E-state index contributed by atoms with van der Waals surface area (Å²) in [6.07, 6.45) is 3.64. The molecule has 2 fully saturated rings. The largest absolute Gasteiger partial charge is 0.445 e. The zero-order valence-corrected chi connectivity index (χ0v) is 19.4. The number of rotatable bonds is 4. The number of piperazine rings is 1. The van der Waals surface area contributed by atoms with Crippen LogP contribution in [0.5, 0.6) is 0 Å². The van der Waals surface area contributed by atoms with E-state index in [0.717, 1.165) is 44.3 Å². The SMILES string of the molecule is CN(C(=O)OC(C)(C)C)C1CCC(N2CCN(C(=O)OCc3ccccc3)CC2)CC1. The van der Waals surface area contributed by atoms with E-state index in [2.05, 4.69) is 4.90 Å². The molecule has 2 amide bonds. The molecule has 1 saturated heterocycles. The van der Waals surface area contributed by atoms with Crippen molar-refractivity contribution in [3.8, 4) is 0 Å². The minimum Gasteiger partial charge on any atom is -0.445 e. The Kier molecular flexibility index (Phi) is 7.81. The number of benzene rings is 1. The first-order valence-corrected chi connectivity index (χ1v) is 11.4. The van der Waals surface area contributed by atoms with Gasteiger partial charge in [-0.2, -0.15) is 0 Å². The quantitative estimate of drug-likeness (QED) is 0.718. The molecule has 0 spiro atoms. The highest BCUT2D eigenvalue weighted by Gasteiger charge is 2.33. The fourth-order valence-corrected chi connectivity index (χ4v) is 4.37. The molecular formula is C24H37N3O4. The van der Waals surface area contributed by atoms with Crippen molar-refractivity contribution >= 4 is 12.2 Å². The van der Waals surface area contributed by atoms with Gasteiger partial charge in [0.2, 0.25) is 0 Å². The number of hydrogen-bond donors (Lipinski definition) is 0. The molecule has 0 N–H and O–H groups in total. The molecule has 1 aliphatic heterocycles. The average Bonchev–Trinajstić information content (AvgIpc) is 2.77. The Morgan fingerprint density at radius 1 is 1.00 bits per heavy atom. The number of ether oxygens (including phenoxy) is 2. The van der Waals surface area contributed by atoms with Gasteiger partial charge in [-0.05, 0) is 52.0 Å². The van der Waals surface area contributed by atoms with Crippen LogP contribution < -0.4 is 0 Å². The molecule has 0 atom stereocenters. The number of nitrogens with zero attached hydrogens (tertiary/aromatic N) is 3. The van der Waals surface area contributed by atoms with Crippen LogP contribution in [0.15, 0.2) is 30.3 Å². The van der Waals surface area contributed by atoms with E-state index in [1.54, 1.807) is 9.80 Å². The van der Waals surface area contributed by atoms with Gasteiger partial charge >= 0.3 is 12.2 Å². The third kappa shape index (κ3) is 6.86. The number of amides is 2. The van der Waals surface area contributed by atoms with Crippen molar-refractivity contribution in [3.63, 3.8) is 0 Å². The van der Waals surface area contributed by atoms with Gasteiger partial charge in [0, 0.05) is 45.3 Å². The van der Waals surface area contributed by atoms with Crippen LogP contribution in [0.25, 0.3) is 0 Å². The summed E-state index contributed by atoms with van der Waals surface area (Å²) in [4.78, 5) is 30.8. The lowest BCUT2D eigenvalue weighted by Crippen LogP contribution is -2.53. The molecule has 0 aromatic heterocycles. The Morgan fingerprint density at radius 3 is 2.19 bits per heavy atom. The van der Waals surface area contributed by atoms with Crippen molar-refractivity contribution in [2.24, 2.45) is 0 Å². The zero-order chi connectivity index (χ0) is 22.4.